The summed E-state index contributed by atoms with van der Waals surface area (Å²) in [6.07, 6.45) is 7.38. The predicted molar refractivity (Wildman–Crippen MR) is 74.3 cm³/mol. The Hall–Kier alpha value is -1.91. The Morgan fingerprint density at radius 2 is 2.10 bits per heavy atom. The minimum atomic E-state index is -1.00. The lowest BCUT2D eigenvalue weighted by Gasteiger charge is -2.13. The molecule has 3 N–H and O–H groups in total. The third kappa shape index (κ3) is 3.35. The lowest BCUT2D eigenvalue weighted by molar-refractivity contribution is 0.0945. The number of carbonyl (C=O) groups is 1. The van der Waals surface area contributed by atoms with Crippen molar-refractivity contribution in [3.8, 4) is 0 Å². The standard InChI is InChI=1S/C15H18F2N2O/c16-11-6-7-12(18)14(17)13(11)15(20)19-9-8-10-4-2-1-3-5-10/h4,6-7H,1-3,5,8-9,18H2,(H,19,20). The zero-order valence-corrected chi connectivity index (χ0v) is 11.2. The van der Waals surface area contributed by atoms with Crippen LogP contribution in [0.15, 0.2) is 23.8 Å². The van der Waals surface area contributed by atoms with E-state index in [-0.39, 0.29) is 5.69 Å². The van der Waals surface area contributed by atoms with Gasteiger partial charge in [0.05, 0.1) is 5.69 Å². The number of rotatable bonds is 4. The molecule has 3 nitrogen and oxygen atoms in total. The van der Waals surface area contributed by atoms with Crippen LogP contribution in [0.3, 0.4) is 0 Å². The van der Waals surface area contributed by atoms with Crippen LogP contribution in [0.2, 0.25) is 0 Å². The number of nitrogens with two attached hydrogens (primary N) is 1. The topological polar surface area (TPSA) is 55.1 Å². The Kier molecular flexibility index (Phi) is 4.71. The van der Waals surface area contributed by atoms with Gasteiger partial charge < -0.3 is 11.1 Å². The molecule has 0 aliphatic heterocycles. The Bertz CT molecular complexity index is 541. The van der Waals surface area contributed by atoms with Crippen molar-refractivity contribution in [2.24, 2.45) is 0 Å². The van der Waals surface area contributed by atoms with E-state index >= 15 is 0 Å². The van der Waals surface area contributed by atoms with Crippen molar-refractivity contribution in [1.82, 2.24) is 5.32 Å². The summed E-state index contributed by atoms with van der Waals surface area (Å²) in [5, 5.41) is 2.54. The van der Waals surface area contributed by atoms with Crippen LogP contribution in [-0.2, 0) is 0 Å². The van der Waals surface area contributed by atoms with E-state index in [1.807, 2.05) is 0 Å². The molecule has 0 saturated heterocycles. The molecular formula is C15H18F2N2O. The first-order valence-corrected chi connectivity index (χ1v) is 6.79. The van der Waals surface area contributed by atoms with Gasteiger partial charge in [-0.3, -0.25) is 4.79 Å². The van der Waals surface area contributed by atoms with Crippen LogP contribution in [0.25, 0.3) is 0 Å². The fourth-order valence-electron chi connectivity index (χ4n) is 2.33. The largest absolute Gasteiger partial charge is 0.396 e. The molecule has 1 amide bonds. The number of hydrogen-bond acceptors (Lipinski definition) is 2. The highest BCUT2D eigenvalue weighted by atomic mass is 19.1. The average molecular weight is 280 g/mol. The maximum absolute atomic E-state index is 13.7. The van der Waals surface area contributed by atoms with Crippen LogP contribution in [-0.4, -0.2) is 12.5 Å². The van der Waals surface area contributed by atoms with Crippen LogP contribution in [0, 0.1) is 11.6 Å². The molecule has 0 fully saturated rings. The van der Waals surface area contributed by atoms with Crippen molar-refractivity contribution in [3.05, 3.63) is 41.0 Å². The maximum atomic E-state index is 13.7. The van der Waals surface area contributed by atoms with Crippen LogP contribution in [0.1, 0.15) is 42.5 Å². The molecule has 2 rings (SSSR count). The lowest BCUT2D eigenvalue weighted by Crippen LogP contribution is -2.27. The quantitative estimate of drug-likeness (QED) is 0.657. The second-order valence-electron chi connectivity index (χ2n) is 4.94. The van der Waals surface area contributed by atoms with Gasteiger partial charge in [0.25, 0.3) is 5.91 Å². The number of allylic oxidation sites excluding steroid dienone is 1. The van der Waals surface area contributed by atoms with E-state index in [9.17, 15) is 13.6 Å². The van der Waals surface area contributed by atoms with Gasteiger partial charge >= 0.3 is 0 Å². The van der Waals surface area contributed by atoms with Crippen LogP contribution < -0.4 is 11.1 Å². The van der Waals surface area contributed by atoms with Crippen molar-refractivity contribution >= 4 is 11.6 Å². The third-order valence-corrected chi connectivity index (χ3v) is 3.46. The zero-order valence-electron chi connectivity index (χ0n) is 11.2. The highest BCUT2D eigenvalue weighted by Crippen LogP contribution is 2.20. The molecule has 1 aliphatic carbocycles. The summed E-state index contributed by atoms with van der Waals surface area (Å²) < 4.78 is 27.2. The molecule has 0 unspecified atom stereocenters. The first-order valence-electron chi connectivity index (χ1n) is 6.79. The Balaban J connectivity index is 1.95. The molecule has 20 heavy (non-hydrogen) atoms. The maximum Gasteiger partial charge on any atom is 0.257 e. The molecule has 1 aliphatic rings. The van der Waals surface area contributed by atoms with Gasteiger partial charge in [-0.2, -0.15) is 0 Å². The number of nitrogens with one attached hydrogen (secondary N) is 1. The first kappa shape index (κ1) is 14.5. The van der Waals surface area contributed by atoms with E-state index in [1.54, 1.807) is 0 Å². The second kappa shape index (κ2) is 6.50. The van der Waals surface area contributed by atoms with Crippen molar-refractivity contribution in [3.63, 3.8) is 0 Å². The van der Waals surface area contributed by atoms with Gasteiger partial charge in [0.2, 0.25) is 0 Å². The summed E-state index contributed by atoms with van der Waals surface area (Å²) in [6.45, 7) is 0.373. The molecule has 108 valence electrons. The highest BCUT2D eigenvalue weighted by Gasteiger charge is 2.19. The highest BCUT2D eigenvalue weighted by molar-refractivity contribution is 5.95. The van der Waals surface area contributed by atoms with Gasteiger partial charge in [-0.1, -0.05) is 11.6 Å². The van der Waals surface area contributed by atoms with Crippen molar-refractivity contribution in [2.45, 2.75) is 32.1 Å². The summed E-state index contributed by atoms with van der Waals surface area (Å²) in [5.74, 6) is -2.66. The third-order valence-electron chi connectivity index (χ3n) is 3.46. The molecule has 0 bridgehead atoms. The monoisotopic (exact) mass is 280 g/mol. The van der Waals surface area contributed by atoms with Gasteiger partial charge in [0, 0.05) is 6.54 Å². The number of amides is 1. The van der Waals surface area contributed by atoms with E-state index in [0.717, 1.165) is 37.8 Å². The number of hydrogen-bond donors (Lipinski definition) is 2. The van der Waals surface area contributed by atoms with Crippen molar-refractivity contribution in [1.29, 1.82) is 0 Å². The van der Waals surface area contributed by atoms with Crippen LogP contribution in [0.5, 0.6) is 0 Å². The van der Waals surface area contributed by atoms with E-state index < -0.39 is 23.1 Å². The van der Waals surface area contributed by atoms with Crippen molar-refractivity contribution < 1.29 is 13.6 Å². The summed E-state index contributed by atoms with van der Waals surface area (Å²) in [7, 11) is 0. The van der Waals surface area contributed by atoms with Gasteiger partial charge in [0.15, 0.2) is 5.82 Å². The van der Waals surface area contributed by atoms with Gasteiger partial charge in [-0.15, -0.1) is 0 Å². The van der Waals surface area contributed by atoms with E-state index in [2.05, 4.69) is 11.4 Å². The van der Waals surface area contributed by atoms with E-state index in [4.69, 9.17) is 5.73 Å². The molecule has 0 heterocycles. The summed E-state index contributed by atoms with van der Waals surface area (Å²) in [5.41, 5.74) is 5.80. The summed E-state index contributed by atoms with van der Waals surface area (Å²) in [4.78, 5) is 11.8. The minimum absolute atomic E-state index is 0.230. The fourth-order valence-corrected chi connectivity index (χ4v) is 2.33. The van der Waals surface area contributed by atoms with Gasteiger partial charge in [0.1, 0.15) is 11.4 Å². The number of anilines is 1. The SMILES string of the molecule is Nc1ccc(F)c(C(=O)NCCC2=CCCCC2)c1F. The molecular weight excluding hydrogens is 262 g/mol. The Morgan fingerprint density at radius 1 is 1.30 bits per heavy atom. The lowest BCUT2D eigenvalue weighted by atomic mass is 9.97. The molecule has 1 aromatic rings. The predicted octanol–water partition coefficient (Wildman–Crippen LogP) is 3.17. The molecule has 0 saturated carbocycles. The van der Waals surface area contributed by atoms with Crippen LogP contribution >= 0.6 is 0 Å². The fraction of sp³-hybridized carbons (Fsp3) is 0.400. The summed E-state index contributed by atoms with van der Waals surface area (Å²) in [6, 6.07) is 2.10. The number of carbonyl (C=O) groups excluding carboxylic acids is 1. The second-order valence-corrected chi connectivity index (χ2v) is 4.94. The number of halogens is 2. The van der Waals surface area contributed by atoms with Crippen LogP contribution in [0.4, 0.5) is 14.5 Å². The smallest absolute Gasteiger partial charge is 0.257 e. The molecule has 0 radical (unpaired) electrons. The van der Waals surface area contributed by atoms with E-state index in [1.165, 1.54) is 12.0 Å². The molecule has 0 atom stereocenters. The first-order chi connectivity index (χ1) is 9.59. The number of nitrogen functional groups attached to an aromatic ring is 1. The number of benzene rings is 1. The minimum Gasteiger partial charge on any atom is -0.396 e. The Labute approximate surface area is 116 Å². The molecule has 5 heteroatoms. The summed E-state index contributed by atoms with van der Waals surface area (Å²) >= 11 is 0. The average Bonchev–Trinajstić information content (AvgIpc) is 2.44. The molecule has 0 spiro atoms. The van der Waals surface area contributed by atoms with Gasteiger partial charge in [-0.05, 0) is 44.2 Å². The van der Waals surface area contributed by atoms with Crippen molar-refractivity contribution in [2.75, 3.05) is 12.3 Å². The van der Waals surface area contributed by atoms with Gasteiger partial charge in [-0.25, -0.2) is 8.78 Å². The molecule has 0 aromatic heterocycles. The molecule has 1 aromatic carbocycles. The van der Waals surface area contributed by atoms with E-state index in [0.29, 0.717) is 6.54 Å². The Morgan fingerprint density at radius 3 is 2.80 bits per heavy atom. The zero-order chi connectivity index (χ0) is 14.5. The normalized spacial score (nSPS) is 14.8.